The number of aliphatic hydroxyl groups excluding tert-OH is 1. The molecule has 1 unspecified atom stereocenters. The molecule has 2 N–H and O–H groups in total. The van der Waals surface area contributed by atoms with Crippen molar-refractivity contribution in [2.75, 3.05) is 25.6 Å². The van der Waals surface area contributed by atoms with E-state index in [1.165, 1.54) is 0 Å². The molecule has 1 aromatic carbocycles. The monoisotopic (exact) mass is 273 g/mol. The second-order valence-corrected chi connectivity index (χ2v) is 4.67. The van der Waals surface area contributed by atoms with E-state index in [0.717, 1.165) is 5.69 Å². The van der Waals surface area contributed by atoms with E-state index in [1.807, 2.05) is 19.9 Å². The molecule has 1 atom stereocenters. The molecule has 0 aliphatic rings. The predicted molar refractivity (Wildman–Crippen MR) is 73.6 cm³/mol. The minimum absolute atomic E-state index is 0.120. The van der Waals surface area contributed by atoms with Crippen LogP contribution in [0.25, 0.3) is 0 Å². The Morgan fingerprint density at radius 2 is 2.11 bits per heavy atom. The van der Waals surface area contributed by atoms with Gasteiger partial charge in [-0.2, -0.15) is 0 Å². The van der Waals surface area contributed by atoms with E-state index in [-0.39, 0.29) is 6.10 Å². The van der Waals surface area contributed by atoms with Crippen molar-refractivity contribution in [1.82, 2.24) is 0 Å². The van der Waals surface area contributed by atoms with Gasteiger partial charge < -0.3 is 19.9 Å². The number of nitrogens with one attached hydrogen (secondary N) is 1. The van der Waals surface area contributed by atoms with Crippen LogP contribution in [0.15, 0.2) is 18.2 Å². The third kappa shape index (κ3) is 5.12. The number of halogens is 1. The Labute approximate surface area is 113 Å². The Hall–Kier alpha value is -0.970. The fourth-order valence-electron chi connectivity index (χ4n) is 1.37. The van der Waals surface area contributed by atoms with Gasteiger partial charge in [0.2, 0.25) is 0 Å². The minimum Gasteiger partial charge on any atom is -0.495 e. The molecule has 0 fully saturated rings. The Morgan fingerprint density at radius 3 is 2.67 bits per heavy atom. The van der Waals surface area contributed by atoms with Crippen LogP contribution in [0.2, 0.25) is 5.02 Å². The lowest BCUT2D eigenvalue weighted by Gasteiger charge is -2.15. The quantitative estimate of drug-likeness (QED) is 0.802. The van der Waals surface area contributed by atoms with Crippen LogP contribution in [0.5, 0.6) is 5.75 Å². The molecule has 1 rings (SSSR count). The van der Waals surface area contributed by atoms with Gasteiger partial charge in [-0.1, -0.05) is 11.6 Å². The second kappa shape index (κ2) is 7.46. The van der Waals surface area contributed by atoms with Crippen LogP contribution in [0.3, 0.4) is 0 Å². The van der Waals surface area contributed by atoms with Crippen molar-refractivity contribution in [2.24, 2.45) is 0 Å². The fourth-order valence-corrected chi connectivity index (χ4v) is 1.63. The largest absolute Gasteiger partial charge is 0.495 e. The molecule has 4 nitrogen and oxygen atoms in total. The van der Waals surface area contributed by atoms with E-state index in [4.69, 9.17) is 21.1 Å². The van der Waals surface area contributed by atoms with Gasteiger partial charge in [0, 0.05) is 12.2 Å². The number of aliphatic hydroxyl groups is 1. The molecule has 0 aliphatic carbocycles. The summed E-state index contributed by atoms with van der Waals surface area (Å²) in [5.74, 6) is 0.630. The van der Waals surface area contributed by atoms with Crippen molar-refractivity contribution in [3.63, 3.8) is 0 Å². The van der Waals surface area contributed by atoms with E-state index in [2.05, 4.69) is 5.32 Å². The number of hydrogen-bond acceptors (Lipinski definition) is 4. The summed E-state index contributed by atoms with van der Waals surface area (Å²) >= 11 is 6.00. The maximum atomic E-state index is 9.68. The molecule has 0 bridgehead atoms. The molecule has 1 aromatic rings. The molecule has 0 aromatic heterocycles. The highest BCUT2D eigenvalue weighted by atomic mass is 35.5. The van der Waals surface area contributed by atoms with E-state index >= 15 is 0 Å². The molecule has 102 valence electrons. The first-order valence-electron chi connectivity index (χ1n) is 5.90. The first-order chi connectivity index (χ1) is 8.52. The van der Waals surface area contributed by atoms with Crippen LogP contribution in [0.4, 0.5) is 5.69 Å². The first kappa shape index (κ1) is 15.1. The summed E-state index contributed by atoms with van der Waals surface area (Å²) in [4.78, 5) is 0. The number of methoxy groups -OCH3 is 1. The Balaban J connectivity index is 2.41. The zero-order chi connectivity index (χ0) is 13.5. The summed E-state index contributed by atoms with van der Waals surface area (Å²) in [5.41, 5.74) is 0.837. The lowest BCUT2D eigenvalue weighted by molar-refractivity contribution is 0.0112. The minimum atomic E-state index is -0.548. The van der Waals surface area contributed by atoms with Gasteiger partial charge >= 0.3 is 0 Å². The summed E-state index contributed by atoms with van der Waals surface area (Å²) in [6, 6.07) is 5.39. The van der Waals surface area contributed by atoms with E-state index in [0.29, 0.717) is 23.9 Å². The van der Waals surface area contributed by atoms with E-state index in [9.17, 15) is 5.11 Å². The highest BCUT2D eigenvalue weighted by molar-refractivity contribution is 6.32. The van der Waals surface area contributed by atoms with Crippen molar-refractivity contribution in [3.8, 4) is 5.75 Å². The maximum Gasteiger partial charge on any atom is 0.137 e. The summed E-state index contributed by atoms with van der Waals surface area (Å²) < 4.78 is 10.4. The van der Waals surface area contributed by atoms with Gasteiger partial charge in [-0.3, -0.25) is 0 Å². The Morgan fingerprint density at radius 1 is 1.39 bits per heavy atom. The normalized spacial score (nSPS) is 12.6. The lowest BCUT2D eigenvalue weighted by Crippen LogP contribution is -2.26. The summed E-state index contributed by atoms with van der Waals surface area (Å²) in [6.07, 6.45) is -0.427. The molecule has 0 spiro atoms. The standard InChI is InChI=1S/C13H20ClNO3/c1-9(2)18-8-11(16)7-15-10-4-5-13(17-3)12(14)6-10/h4-6,9,11,15-16H,7-8H2,1-3H3. The van der Waals surface area contributed by atoms with Gasteiger partial charge in [-0.05, 0) is 32.0 Å². The SMILES string of the molecule is COc1ccc(NCC(O)COC(C)C)cc1Cl. The molecule has 0 saturated heterocycles. The number of benzene rings is 1. The number of hydrogen-bond donors (Lipinski definition) is 2. The topological polar surface area (TPSA) is 50.7 Å². The van der Waals surface area contributed by atoms with E-state index < -0.39 is 6.10 Å². The van der Waals surface area contributed by atoms with Crippen LogP contribution >= 0.6 is 11.6 Å². The smallest absolute Gasteiger partial charge is 0.137 e. The zero-order valence-corrected chi connectivity index (χ0v) is 11.7. The van der Waals surface area contributed by atoms with Gasteiger partial charge in [0.25, 0.3) is 0 Å². The van der Waals surface area contributed by atoms with Crippen LogP contribution in [0, 0.1) is 0 Å². The van der Waals surface area contributed by atoms with Crippen molar-refractivity contribution < 1.29 is 14.6 Å². The molecule has 0 saturated carbocycles. The molecule has 0 aliphatic heterocycles. The first-order valence-corrected chi connectivity index (χ1v) is 6.27. The predicted octanol–water partition coefficient (Wildman–Crippen LogP) is 2.55. The average molecular weight is 274 g/mol. The molecule has 0 heterocycles. The van der Waals surface area contributed by atoms with Crippen LogP contribution in [-0.4, -0.2) is 37.6 Å². The van der Waals surface area contributed by atoms with Gasteiger partial charge in [-0.25, -0.2) is 0 Å². The molecule has 0 amide bonds. The summed E-state index contributed by atoms with van der Waals surface area (Å²) in [5, 5.41) is 13.3. The molecular formula is C13H20ClNO3. The average Bonchev–Trinajstić information content (AvgIpc) is 2.34. The summed E-state index contributed by atoms with van der Waals surface area (Å²) in [6.45, 7) is 4.59. The van der Waals surface area contributed by atoms with Crippen LogP contribution < -0.4 is 10.1 Å². The fraction of sp³-hybridized carbons (Fsp3) is 0.538. The molecule has 0 radical (unpaired) electrons. The third-order valence-electron chi connectivity index (χ3n) is 2.32. The van der Waals surface area contributed by atoms with Crippen molar-refractivity contribution in [1.29, 1.82) is 0 Å². The Kier molecular flexibility index (Phi) is 6.25. The Bertz CT molecular complexity index is 371. The summed E-state index contributed by atoms with van der Waals surface area (Å²) in [7, 11) is 1.57. The van der Waals surface area contributed by atoms with Gasteiger partial charge in [0.1, 0.15) is 5.75 Å². The highest BCUT2D eigenvalue weighted by Gasteiger charge is 2.06. The van der Waals surface area contributed by atoms with Crippen molar-refractivity contribution >= 4 is 17.3 Å². The van der Waals surface area contributed by atoms with Crippen LogP contribution in [-0.2, 0) is 4.74 Å². The van der Waals surface area contributed by atoms with Gasteiger partial charge in [0.05, 0.1) is 30.9 Å². The van der Waals surface area contributed by atoms with E-state index in [1.54, 1.807) is 19.2 Å². The second-order valence-electron chi connectivity index (χ2n) is 4.27. The lowest BCUT2D eigenvalue weighted by atomic mass is 10.3. The van der Waals surface area contributed by atoms with Crippen molar-refractivity contribution in [2.45, 2.75) is 26.1 Å². The third-order valence-corrected chi connectivity index (χ3v) is 2.61. The number of rotatable bonds is 7. The molecule has 18 heavy (non-hydrogen) atoms. The highest BCUT2D eigenvalue weighted by Crippen LogP contribution is 2.27. The maximum absolute atomic E-state index is 9.68. The van der Waals surface area contributed by atoms with Crippen molar-refractivity contribution in [3.05, 3.63) is 23.2 Å². The van der Waals surface area contributed by atoms with Gasteiger partial charge in [0.15, 0.2) is 0 Å². The number of ether oxygens (including phenoxy) is 2. The molecular weight excluding hydrogens is 254 g/mol. The zero-order valence-electron chi connectivity index (χ0n) is 10.9. The van der Waals surface area contributed by atoms with Gasteiger partial charge in [-0.15, -0.1) is 0 Å². The molecule has 5 heteroatoms. The van der Waals surface area contributed by atoms with Crippen LogP contribution in [0.1, 0.15) is 13.8 Å². The number of anilines is 1.